The van der Waals surface area contributed by atoms with E-state index in [4.69, 9.17) is 4.74 Å². The largest absolute Gasteiger partial charge is 0.496 e. The number of benzene rings is 1. The fraction of sp³-hybridized carbons (Fsp3) is 0.167. The number of aromatic nitrogens is 1. The lowest BCUT2D eigenvalue weighted by atomic mass is 10.1. The second kappa shape index (κ2) is 4.18. The van der Waals surface area contributed by atoms with E-state index in [1.165, 1.54) is 7.11 Å². The van der Waals surface area contributed by atoms with Crippen LogP contribution < -0.4 is 4.74 Å². The second-order valence-corrected chi connectivity index (χ2v) is 3.24. The third kappa shape index (κ3) is 1.69. The van der Waals surface area contributed by atoms with Crippen LogP contribution in [0.25, 0.3) is 10.9 Å². The second-order valence-electron chi connectivity index (χ2n) is 3.24. The maximum Gasteiger partial charge on any atom is 0.337 e. The van der Waals surface area contributed by atoms with Crippen LogP contribution in [0.2, 0.25) is 0 Å². The number of methoxy groups -OCH3 is 2. The summed E-state index contributed by atoms with van der Waals surface area (Å²) in [5.41, 5.74) is 1.19. The summed E-state index contributed by atoms with van der Waals surface area (Å²) >= 11 is 0. The van der Waals surface area contributed by atoms with E-state index < -0.39 is 0 Å². The Kier molecular flexibility index (Phi) is 2.72. The number of carbonyl (C=O) groups is 1. The first-order valence-electron chi connectivity index (χ1n) is 4.77. The Morgan fingerprint density at radius 2 is 2.06 bits per heavy atom. The molecule has 0 bridgehead atoms. The molecule has 0 saturated carbocycles. The maximum absolute atomic E-state index is 11.3. The Morgan fingerprint density at radius 1 is 1.25 bits per heavy atom. The van der Waals surface area contributed by atoms with Crippen LogP contribution in [0.5, 0.6) is 5.75 Å². The average Bonchev–Trinajstić information content (AvgIpc) is 2.36. The molecule has 2 rings (SSSR count). The number of esters is 1. The number of hydrogen-bond acceptors (Lipinski definition) is 4. The van der Waals surface area contributed by atoms with Gasteiger partial charge >= 0.3 is 5.97 Å². The van der Waals surface area contributed by atoms with E-state index in [0.29, 0.717) is 11.1 Å². The van der Waals surface area contributed by atoms with Gasteiger partial charge in [0.25, 0.3) is 0 Å². The zero-order valence-electron chi connectivity index (χ0n) is 9.06. The molecule has 82 valence electrons. The highest BCUT2D eigenvalue weighted by Crippen LogP contribution is 2.24. The van der Waals surface area contributed by atoms with Crippen molar-refractivity contribution in [1.29, 1.82) is 0 Å². The Labute approximate surface area is 92.8 Å². The molecule has 16 heavy (non-hydrogen) atoms. The van der Waals surface area contributed by atoms with Crippen LogP contribution in [0.4, 0.5) is 0 Å². The van der Waals surface area contributed by atoms with Gasteiger partial charge in [-0.25, -0.2) is 4.79 Å². The number of rotatable bonds is 2. The number of carbonyl (C=O) groups excluding carboxylic acids is 1. The first kappa shape index (κ1) is 10.4. The van der Waals surface area contributed by atoms with Crippen molar-refractivity contribution in [2.75, 3.05) is 14.2 Å². The van der Waals surface area contributed by atoms with E-state index >= 15 is 0 Å². The Bertz CT molecular complexity index is 537. The fourth-order valence-electron chi connectivity index (χ4n) is 1.54. The van der Waals surface area contributed by atoms with Crippen LogP contribution in [0.15, 0.2) is 30.5 Å². The summed E-state index contributed by atoms with van der Waals surface area (Å²) in [6.07, 6.45) is 1.64. The molecule has 0 aliphatic rings. The quantitative estimate of drug-likeness (QED) is 0.722. The first-order chi connectivity index (χ1) is 7.76. The topological polar surface area (TPSA) is 48.4 Å². The van der Waals surface area contributed by atoms with Gasteiger partial charge in [0.15, 0.2) is 0 Å². The highest BCUT2D eigenvalue weighted by atomic mass is 16.5. The zero-order chi connectivity index (χ0) is 11.5. The van der Waals surface area contributed by atoms with Crippen LogP contribution in [0.1, 0.15) is 10.4 Å². The highest BCUT2D eigenvalue weighted by molar-refractivity contribution is 5.95. The molecule has 1 aromatic heterocycles. The van der Waals surface area contributed by atoms with Gasteiger partial charge in [0, 0.05) is 11.6 Å². The molecule has 0 aliphatic carbocycles. The van der Waals surface area contributed by atoms with Gasteiger partial charge in [-0.3, -0.25) is 4.98 Å². The number of pyridine rings is 1. The van der Waals surface area contributed by atoms with Crippen LogP contribution >= 0.6 is 0 Å². The molecule has 0 N–H and O–H groups in total. The van der Waals surface area contributed by atoms with Crippen LogP contribution in [-0.2, 0) is 4.74 Å². The molecule has 0 saturated heterocycles. The molecule has 0 atom stereocenters. The van der Waals surface area contributed by atoms with Gasteiger partial charge < -0.3 is 9.47 Å². The molecule has 1 aromatic carbocycles. The zero-order valence-corrected chi connectivity index (χ0v) is 9.06. The predicted octanol–water partition coefficient (Wildman–Crippen LogP) is 2.03. The Balaban J connectivity index is 2.59. The summed E-state index contributed by atoms with van der Waals surface area (Å²) in [4.78, 5) is 15.5. The van der Waals surface area contributed by atoms with E-state index in [1.54, 1.807) is 37.6 Å². The van der Waals surface area contributed by atoms with Gasteiger partial charge in [0.05, 0.1) is 25.3 Å². The molecule has 0 amide bonds. The minimum Gasteiger partial charge on any atom is -0.496 e. The summed E-state index contributed by atoms with van der Waals surface area (Å²) < 4.78 is 9.84. The summed E-state index contributed by atoms with van der Waals surface area (Å²) in [5, 5.41) is 0.873. The SMILES string of the molecule is COC(=O)c1ccc2c(OC)ccnc2c1. The van der Waals surface area contributed by atoms with Crippen molar-refractivity contribution < 1.29 is 14.3 Å². The molecule has 0 unspecified atom stereocenters. The minimum atomic E-state index is -0.369. The van der Waals surface area contributed by atoms with E-state index in [9.17, 15) is 4.79 Å². The molecule has 0 spiro atoms. The summed E-state index contributed by atoms with van der Waals surface area (Å²) in [5.74, 6) is 0.368. The monoisotopic (exact) mass is 217 g/mol. The van der Waals surface area contributed by atoms with Crippen LogP contribution in [-0.4, -0.2) is 25.2 Å². The maximum atomic E-state index is 11.3. The number of ether oxygens (including phenoxy) is 2. The Hall–Kier alpha value is -2.10. The van der Waals surface area contributed by atoms with Gasteiger partial charge in [-0.2, -0.15) is 0 Å². The molecule has 4 nitrogen and oxygen atoms in total. The highest BCUT2D eigenvalue weighted by Gasteiger charge is 2.08. The predicted molar refractivity (Wildman–Crippen MR) is 59.6 cm³/mol. The van der Waals surface area contributed by atoms with Crippen molar-refractivity contribution in [3.05, 3.63) is 36.0 Å². The van der Waals surface area contributed by atoms with E-state index in [-0.39, 0.29) is 5.97 Å². The average molecular weight is 217 g/mol. The van der Waals surface area contributed by atoms with Gasteiger partial charge in [-0.1, -0.05) is 0 Å². The molecular weight excluding hydrogens is 206 g/mol. The molecule has 4 heteroatoms. The van der Waals surface area contributed by atoms with Crippen molar-refractivity contribution in [3.63, 3.8) is 0 Å². The number of nitrogens with zero attached hydrogens (tertiary/aromatic N) is 1. The van der Waals surface area contributed by atoms with E-state index in [2.05, 4.69) is 9.72 Å². The lowest BCUT2D eigenvalue weighted by Crippen LogP contribution is -2.01. The van der Waals surface area contributed by atoms with Crippen molar-refractivity contribution in [2.24, 2.45) is 0 Å². The Morgan fingerprint density at radius 3 is 2.75 bits per heavy atom. The van der Waals surface area contributed by atoms with Crippen molar-refractivity contribution in [1.82, 2.24) is 4.98 Å². The van der Waals surface area contributed by atoms with Crippen LogP contribution in [0, 0.1) is 0 Å². The number of hydrogen-bond donors (Lipinski definition) is 0. The van der Waals surface area contributed by atoms with Crippen molar-refractivity contribution in [2.45, 2.75) is 0 Å². The van der Waals surface area contributed by atoms with Gasteiger partial charge in [0.1, 0.15) is 5.75 Å². The smallest absolute Gasteiger partial charge is 0.337 e. The van der Waals surface area contributed by atoms with E-state index in [1.807, 2.05) is 0 Å². The molecular formula is C12H11NO3. The summed E-state index contributed by atoms with van der Waals surface area (Å²) in [6, 6.07) is 6.95. The fourth-order valence-corrected chi connectivity index (χ4v) is 1.54. The normalized spacial score (nSPS) is 10.1. The van der Waals surface area contributed by atoms with Gasteiger partial charge in [0.2, 0.25) is 0 Å². The molecule has 0 aliphatic heterocycles. The molecule has 0 fully saturated rings. The third-order valence-corrected chi connectivity index (χ3v) is 2.34. The lowest BCUT2D eigenvalue weighted by Gasteiger charge is -2.05. The summed E-state index contributed by atoms with van der Waals surface area (Å²) in [6.45, 7) is 0. The van der Waals surface area contributed by atoms with Gasteiger partial charge in [-0.05, 0) is 24.3 Å². The standard InChI is InChI=1S/C12H11NO3/c1-15-11-5-6-13-10-7-8(12(14)16-2)3-4-9(10)11/h3-7H,1-2H3. The first-order valence-corrected chi connectivity index (χ1v) is 4.77. The van der Waals surface area contributed by atoms with Crippen molar-refractivity contribution >= 4 is 16.9 Å². The van der Waals surface area contributed by atoms with Crippen LogP contribution in [0.3, 0.4) is 0 Å². The lowest BCUT2D eigenvalue weighted by molar-refractivity contribution is 0.0601. The minimum absolute atomic E-state index is 0.369. The summed E-state index contributed by atoms with van der Waals surface area (Å²) in [7, 11) is 2.95. The van der Waals surface area contributed by atoms with E-state index in [0.717, 1.165) is 11.1 Å². The van der Waals surface area contributed by atoms with Crippen molar-refractivity contribution in [3.8, 4) is 5.75 Å². The molecule has 2 aromatic rings. The number of fused-ring (bicyclic) bond motifs is 1. The molecule has 1 heterocycles. The third-order valence-electron chi connectivity index (χ3n) is 2.34. The van der Waals surface area contributed by atoms with Gasteiger partial charge in [-0.15, -0.1) is 0 Å². The molecule has 0 radical (unpaired) electrons.